The van der Waals surface area contributed by atoms with Gasteiger partial charge in [0.1, 0.15) is 24.1 Å². The van der Waals surface area contributed by atoms with Crippen molar-refractivity contribution in [3.05, 3.63) is 125 Å². The highest BCUT2D eigenvalue weighted by Crippen LogP contribution is 2.36. The van der Waals surface area contributed by atoms with Crippen LogP contribution in [0.4, 0.5) is 5.69 Å². The van der Waals surface area contributed by atoms with E-state index >= 15 is 0 Å². The van der Waals surface area contributed by atoms with E-state index in [2.05, 4.69) is 54.0 Å². The smallest absolute Gasteiger partial charge is 0.255 e. The van der Waals surface area contributed by atoms with Crippen LogP contribution in [0.5, 0.6) is 11.5 Å². The summed E-state index contributed by atoms with van der Waals surface area (Å²) in [5, 5.41) is 15.6. The summed E-state index contributed by atoms with van der Waals surface area (Å²) in [5.41, 5.74) is 8.01. The standard InChI is InChI=1S/C42H45N3O7/c1-2-36(29-7-4-3-5-8-29)40(30-9-14-34(46)15-10-30)31-11-16-35(17-12-31)52-26-25-51-24-23-50-22-6-21-43-33-13-18-37-32(27-33)28-45(42(37)49)38-19-20-39(47)44-41(38)48/h3-5,7-18,27,38,43,46H,2,6,19-26,28H2,1H3,(H,44,47,48). The lowest BCUT2D eigenvalue weighted by molar-refractivity contribution is -0.136. The minimum Gasteiger partial charge on any atom is -0.508 e. The molecule has 4 aromatic carbocycles. The summed E-state index contributed by atoms with van der Waals surface area (Å²) >= 11 is 0. The lowest BCUT2D eigenvalue weighted by Crippen LogP contribution is -2.52. The van der Waals surface area contributed by atoms with Gasteiger partial charge >= 0.3 is 0 Å². The molecule has 2 aliphatic heterocycles. The highest BCUT2D eigenvalue weighted by molar-refractivity contribution is 6.05. The Morgan fingerprint density at radius 2 is 1.52 bits per heavy atom. The first kappa shape index (κ1) is 36.3. The predicted octanol–water partition coefficient (Wildman–Crippen LogP) is 6.44. The number of hydrogen-bond donors (Lipinski definition) is 3. The van der Waals surface area contributed by atoms with Gasteiger partial charge < -0.3 is 29.5 Å². The molecule has 10 heteroatoms. The topological polar surface area (TPSA) is 126 Å². The molecule has 6 rings (SSSR count). The molecular weight excluding hydrogens is 658 g/mol. The van der Waals surface area contributed by atoms with Crippen molar-refractivity contribution >= 4 is 34.6 Å². The molecule has 0 spiro atoms. The van der Waals surface area contributed by atoms with Crippen LogP contribution in [-0.4, -0.2) is 73.3 Å². The first-order chi connectivity index (χ1) is 25.4. The predicted molar refractivity (Wildman–Crippen MR) is 200 cm³/mol. The summed E-state index contributed by atoms with van der Waals surface area (Å²) < 4.78 is 17.4. The Kier molecular flexibility index (Phi) is 12.3. The number of amides is 3. The molecular formula is C42H45N3O7. The summed E-state index contributed by atoms with van der Waals surface area (Å²) in [5.74, 6) is 0.129. The number of phenolic OH excluding ortho intramolecular Hbond substituents is 1. The number of hydrogen-bond acceptors (Lipinski definition) is 8. The van der Waals surface area contributed by atoms with Gasteiger partial charge in [-0.2, -0.15) is 0 Å². The van der Waals surface area contributed by atoms with E-state index in [1.807, 2.05) is 42.5 Å². The summed E-state index contributed by atoms with van der Waals surface area (Å²) in [6.45, 7) is 5.62. The van der Waals surface area contributed by atoms with Crippen LogP contribution in [0.25, 0.3) is 11.1 Å². The van der Waals surface area contributed by atoms with Gasteiger partial charge in [-0.05, 0) is 95.1 Å². The third kappa shape index (κ3) is 9.06. The van der Waals surface area contributed by atoms with E-state index in [0.29, 0.717) is 58.1 Å². The van der Waals surface area contributed by atoms with Crippen molar-refractivity contribution < 1.29 is 33.7 Å². The van der Waals surface area contributed by atoms with Crippen LogP contribution in [-0.2, 0) is 25.6 Å². The van der Waals surface area contributed by atoms with Gasteiger partial charge in [-0.25, -0.2) is 0 Å². The quantitative estimate of drug-likeness (QED) is 0.0652. The van der Waals surface area contributed by atoms with Crippen LogP contribution in [0.1, 0.15) is 65.2 Å². The number of nitrogens with one attached hydrogen (secondary N) is 2. The van der Waals surface area contributed by atoms with Crippen molar-refractivity contribution in [3.63, 3.8) is 0 Å². The largest absolute Gasteiger partial charge is 0.508 e. The van der Waals surface area contributed by atoms with Crippen molar-refractivity contribution in [2.24, 2.45) is 0 Å². The molecule has 10 nitrogen and oxygen atoms in total. The Morgan fingerprint density at radius 1 is 0.827 bits per heavy atom. The van der Waals surface area contributed by atoms with Gasteiger partial charge in [0.2, 0.25) is 11.8 Å². The number of carbonyl (C=O) groups is 3. The lowest BCUT2D eigenvalue weighted by Gasteiger charge is -2.29. The van der Waals surface area contributed by atoms with Gasteiger partial charge in [0.15, 0.2) is 0 Å². The average molecular weight is 704 g/mol. The number of anilines is 1. The van der Waals surface area contributed by atoms with E-state index in [1.54, 1.807) is 23.1 Å². The van der Waals surface area contributed by atoms with E-state index in [-0.39, 0.29) is 24.0 Å². The molecule has 3 N–H and O–H groups in total. The van der Waals surface area contributed by atoms with E-state index in [0.717, 1.165) is 46.5 Å². The molecule has 0 bridgehead atoms. The number of aromatic hydroxyl groups is 1. The van der Waals surface area contributed by atoms with Gasteiger partial charge in [-0.3, -0.25) is 19.7 Å². The van der Waals surface area contributed by atoms with Crippen LogP contribution in [0.3, 0.4) is 0 Å². The van der Waals surface area contributed by atoms with Gasteiger partial charge in [0.25, 0.3) is 5.91 Å². The van der Waals surface area contributed by atoms with Crippen LogP contribution in [0.2, 0.25) is 0 Å². The Hall–Kier alpha value is -5.45. The number of carbonyl (C=O) groups excluding carboxylic acids is 3. The van der Waals surface area contributed by atoms with Crippen LogP contribution in [0, 0.1) is 0 Å². The normalized spacial score (nSPS) is 16.0. The monoisotopic (exact) mass is 703 g/mol. The number of piperidine rings is 1. The van der Waals surface area contributed by atoms with E-state index in [9.17, 15) is 19.5 Å². The van der Waals surface area contributed by atoms with E-state index < -0.39 is 11.9 Å². The summed E-state index contributed by atoms with van der Waals surface area (Å²) in [6.07, 6.45) is 2.24. The Labute approximate surface area is 304 Å². The van der Waals surface area contributed by atoms with Crippen LogP contribution < -0.4 is 15.4 Å². The number of phenols is 1. The van der Waals surface area contributed by atoms with Gasteiger partial charge in [-0.15, -0.1) is 0 Å². The molecule has 2 heterocycles. The Balaban J connectivity index is 0.876. The van der Waals surface area contributed by atoms with E-state index in [4.69, 9.17) is 14.2 Å². The zero-order valence-corrected chi connectivity index (χ0v) is 29.4. The lowest BCUT2D eigenvalue weighted by atomic mass is 9.88. The zero-order chi connectivity index (χ0) is 36.3. The van der Waals surface area contributed by atoms with Gasteiger partial charge in [0, 0.05) is 37.4 Å². The molecule has 270 valence electrons. The molecule has 1 fully saturated rings. The minimum absolute atomic E-state index is 0.175. The van der Waals surface area contributed by atoms with Crippen molar-refractivity contribution in [2.45, 2.75) is 45.2 Å². The van der Waals surface area contributed by atoms with E-state index in [1.165, 1.54) is 11.1 Å². The summed E-state index contributed by atoms with van der Waals surface area (Å²) in [7, 11) is 0. The maximum absolute atomic E-state index is 12.9. The zero-order valence-electron chi connectivity index (χ0n) is 29.4. The maximum atomic E-state index is 12.9. The highest BCUT2D eigenvalue weighted by Gasteiger charge is 2.39. The maximum Gasteiger partial charge on any atom is 0.255 e. The molecule has 0 aliphatic carbocycles. The molecule has 4 aromatic rings. The fourth-order valence-electron chi connectivity index (χ4n) is 6.66. The third-order valence-corrected chi connectivity index (χ3v) is 9.26. The first-order valence-electron chi connectivity index (χ1n) is 17.9. The number of fused-ring (bicyclic) bond motifs is 1. The number of nitrogens with zero attached hydrogens (tertiary/aromatic N) is 1. The van der Waals surface area contributed by atoms with Crippen molar-refractivity contribution in [1.82, 2.24) is 10.2 Å². The number of ether oxygens (including phenoxy) is 3. The van der Waals surface area contributed by atoms with Crippen LogP contribution >= 0.6 is 0 Å². The average Bonchev–Trinajstić information content (AvgIpc) is 3.48. The number of benzene rings is 4. The Bertz CT molecular complexity index is 1870. The van der Waals surface area contributed by atoms with Crippen molar-refractivity contribution in [2.75, 3.05) is 44.9 Å². The number of allylic oxidation sites excluding steroid dienone is 1. The van der Waals surface area contributed by atoms with Crippen molar-refractivity contribution in [1.29, 1.82) is 0 Å². The highest BCUT2D eigenvalue weighted by atomic mass is 16.5. The second-order valence-corrected chi connectivity index (χ2v) is 12.8. The van der Waals surface area contributed by atoms with Crippen LogP contribution in [0.15, 0.2) is 97.1 Å². The van der Waals surface area contributed by atoms with Gasteiger partial charge in [0.05, 0.1) is 19.8 Å². The number of imide groups is 1. The summed E-state index contributed by atoms with van der Waals surface area (Å²) in [4.78, 5) is 38.2. The molecule has 1 unspecified atom stereocenters. The van der Waals surface area contributed by atoms with Crippen molar-refractivity contribution in [3.8, 4) is 11.5 Å². The third-order valence-electron chi connectivity index (χ3n) is 9.26. The molecule has 3 amide bonds. The molecule has 1 atom stereocenters. The number of rotatable bonds is 17. The molecule has 1 saturated heterocycles. The Morgan fingerprint density at radius 3 is 2.23 bits per heavy atom. The molecule has 0 aromatic heterocycles. The molecule has 0 radical (unpaired) electrons. The SMILES string of the molecule is CCC(=C(c1ccc(O)cc1)c1ccc(OCCOCCOCCCNc2ccc3c(c2)CN(C2CCC(=O)NC2=O)C3=O)cc1)c1ccccc1. The van der Waals surface area contributed by atoms with Gasteiger partial charge in [-0.1, -0.05) is 61.5 Å². The second-order valence-electron chi connectivity index (χ2n) is 12.8. The fraction of sp³-hybridized carbons (Fsp3) is 0.310. The second kappa shape index (κ2) is 17.7. The molecule has 2 aliphatic rings. The first-order valence-corrected chi connectivity index (χ1v) is 17.9. The molecule has 0 saturated carbocycles. The molecule has 52 heavy (non-hydrogen) atoms. The minimum atomic E-state index is -0.615. The fourth-order valence-corrected chi connectivity index (χ4v) is 6.66. The summed E-state index contributed by atoms with van der Waals surface area (Å²) in [6, 6.07) is 30.8.